The maximum Gasteiger partial charge on any atom is 0.339 e. The van der Waals surface area contributed by atoms with Crippen LogP contribution in [-0.4, -0.2) is 25.9 Å². The summed E-state index contributed by atoms with van der Waals surface area (Å²) in [6.07, 6.45) is 1.60. The van der Waals surface area contributed by atoms with Crippen molar-refractivity contribution in [3.63, 3.8) is 0 Å². The zero-order chi connectivity index (χ0) is 18.8. The summed E-state index contributed by atoms with van der Waals surface area (Å²) >= 11 is 0. The van der Waals surface area contributed by atoms with Crippen LogP contribution in [-0.2, 0) is 11.2 Å². The molecule has 0 bridgehead atoms. The molecule has 2 aromatic carbocycles. The summed E-state index contributed by atoms with van der Waals surface area (Å²) in [6, 6.07) is 20.0. The first-order valence-corrected chi connectivity index (χ1v) is 8.36. The molecule has 0 atom stereocenters. The van der Waals surface area contributed by atoms with E-state index in [0.717, 1.165) is 21.9 Å². The summed E-state index contributed by atoms with van der Waals surface area (Å²) in [6.45, 7) is 0. The summed E-state index contributed by atoms with van der Waals surface area (Å²) in [5, 5.41) is 21.2. The van der Waals surface area contributed by atoms with E-state index in [9.17, 15) is 15.0 Å². The first-order chi connectivity index (χ1) is 13.1. The predicted octanol–water partition coefficient (Wildman–Crippen LogP) is 3.31. The molecule has 4 rings (SSSR count). The normalized spacial score (nSPS) is 10.8. The fourth-order valence-corrected chi connectivity index (χ4v) is 3.03. The van der Waals surface area contributed by atoms with E-state index in [1.165, 1.54) is 12.1 Å². The van der Waals surface area contributed by atoms with Gasteiger partial charge in [-0.15, -0.1) is 4.73 Å². The Kier molecular flexibility index (Phi) is 4.22. The van der Waals surface area contributed by atoms with Crippen molar-refractivity contribution in [3.05, 3.63) is 78.6 Å². The van der Waals surface area contributed by atoms with Gasteiger partial charge in [-0.05, 0) is 10.9 Å². The van der Waals surface area contributed by atoms with Crippen molar-refractivity contribution < 1.29 is 19.8 Å². The molecule has 0 aliphatic carbocycles. The standard InChI is InChI=1S/C21H16N2O4/c24-18-10-11-19(25)23(18)27-20(26)12-17-21(14-6-2-1-3-7-14)16-9-5-4-8-15(16)13-22-17/h1-11,13,24-25H,12H2. The Morgan fingerprint density at radius 1 is 0.926 bits per heavy atom. The first kappa shape index (κ1) is 16.7. The van der Waals surface area contributed by atoms with Gasteiger partial charge in [0.05, 0.1) is 12.1 Å². The SMILES string of the molecule is O=C(Cc1ncc2ccccc2c1-c1ccccc1)On1c(O)ccc1O. The number of benzene rings is 2. The van der Waals surface area contributed by atoms with Crippen molar-refractivity contribution >= 4 is 16.7 Å². The Morgan fingerprint density at radius 2 is 1.59 bits per heavy atom. The Balaban J connectivity index is 1.74. The molecule has 0 spiro atoms. The minimum Gasteiger partial charge on any atom is -0.492 e. The van der Waals surface area contributed by atoms with Gasteiger partial charge in [0.15, 0.2) is 0 Å². The zero-order valence-electron chi connectivity index (χ0n) is 14.2. The van der Waals surface area contributed by atoms with E-state index >= 15 is 0 Å². The smallest absolute Gasteiger partial charge is 0.339 e. The Morgan fingerprint density at radius 3 is 2.33 bits per heavy atom. The molecule has 0 radical (unpaired) electrons. The van der Waals surface area contributed by atoms with E-state index in [2.05, 4.69) is 4.98 Å². The maximum atomic E-state index is 12.4. The molecular weight excluding hydrogens is 344 g/mol. The van der Waals surface area contributed by atoms with Crippen molar-refractivity contribution in [2.45, 2.75) is 6.42 Å². The fourth-order valence-electron chi connectivity index (χ4n) is 3.03. The highest BCUT2D eigenvalue weighted by atomic mass is 16.7. The molecular formula is C21H16N2O4. The minimum absolute atomic E-state index is 0.119. The number of rotatable bonds is 4. The number of hydrogen-bond donors (Lipinski definition) is 2. The van der Waals surface area contributed by atoms with Crippen LogP contribution in [0, 0.1) is 0 Å². The number of nitrogens with zero attached hydrogens (tertiary/aromatic N) is 2. The van der Waals surface area contributed by atoms with Gasteiger partial charge in [-0.3, -0.25) is 4.98 Å². The van der Waals surface area contributed by atoms with Crippen LogP contribution < -0.4 is 4.84 Å². The van der Waals surface area contributed by atoms with E-state index in [-0.39, 0.29) is 18.2 Å². The van der Waals surface area contributed by atoms with Crippen molar-refractivity contribution in [3.8, 4) is 22.9 Å². The first-order valence-electron chi connectivity index (χ1n) is 8.36. The topological polar surface area (TPSA) is 84.6 Å². The summed E-state index contributed by atoms with van der Waals surface area (Å²) in [4.78, 5) is 21.9. The van der Waals surface area contributed by atoms with E-state index in [1.807, 2.05) is 54.6 Å². The molecule has 0 saturated carbocycles. The van der Waals surface area contributed by atoms with Gasteiger partial charge >= 0.3 is 5.97 Å². The van der Waals surface area contributed by atoms with E-state index in [0.29, 0.717) is 10.4 Å². The summed E-state index contributed by atoms with van der Waals surface area (Å²) < 4.78 is 0.672. The van der Waals surface area contributed by atoms with Crippen LogP contribution in [0.5, 0.6) is 11.8 Å². The van der Waals surface area contributed by atoms with Crippen LogP contribution in [0.2, 0.25) is 0 Å². The number of carbonyl (C=O) groups is 1. The molecule has 2 N–H and O–H groups in total. The lowest BCUT2D eigenvalue weighted by molar-refractivity contribution is -0.144. The van der Waals surface area contributed by atoms with Gasteiger partial charge in [-0.25, -0.2) is 4.79 Å². The molecule has 2 aromatic heterocycles. The molecule has 134 valence electrons. The lowest BCUT2D eigenvalue weighted by Crippen LogP contribution is -2.21. The van der Waals surface area contributed by atoms with Gasteiger partial charge in [-0.1, -0.05) is 54.6 Å². The van der Waals surface area contributed by atoms with Gasteiger partial charge < -0.3 is 15.1 Å². The second-order valence-corrected chi connectivity index (χ2v) is 6.02. The van der Waals surface area contributed by atoms with Crippen molar-refractivity contribution in [1.29, 1.82) is 0 Å². The number of carbonyl (C=O) groups excluding carboxylic acids is 1. The second kappa shape index (κ2) is 6.84. The van der Waals surface area contributed by atoms with E-state index < -0.39 is 5.97 Å². The molecule has 0 aliphatic heterocycles. The number of aromatic hydroxyl groups is 2. The highest BCUT2D eigenvalue weighted by molar-refractivity contribution is 5.98. The third-order valence-corrected chi connectivity index (χ3v) is 4.24. The molecule has 6 heteroatoms. The molecule has 6 nitrogen and oxygen atoms in total. The number of pyridine rings is 1. The molecule has 0 amide bonds. The van der Waals surface area contributed by atoms with Crippen LogP contribution >= 0.6 is 0 Å². The molecule has 4 aromatic rings. The average Bonchev–Trinajstić information content (AvgIpc) is 3.00. The van der Waals surface area contributed by atoms with E-state index in [1.54, 1.807) is 6.20 Å². The fraction of sp³-hybridized carbons (Fsp3) is 0.0476. The van der Waals surface area contributed by atoms with Gasteiger partial charge in [-0.2, -0.15) is 0 Å². The quantitative estimate of drug-likeness (QED) is 0.583. The molecule has 2 heterocycles. The Labute approximate surface area is 154 Å². The Bertz CT molecular complexity index is 1100. The molecule has 27 heavy (non-hydrogen) atoms. The van der Waals surface area contributed by atoms with Gasteiger partial charge in [0.1, 0.15) is 0 Å². The number of hydrogen-bond acceptors (Lipinski definition) is 5. The highest BCUT2D eigenvalue weighted by Gasteiger charge is 2.18. The lowest BCUT2D eigenvalue weighted by Gasteiger charge is -2.13. The van der Waals surface area contributed by atoms with Crippen LogP contribution in [0.15, 0.2) is 72.9 Å². The van der Waals surface area contributed by atoms with Crippen LogP contribution in [0.1, 0.15) is 5.69 Å². The lowest BCUT2D eigenvalue weighted by atomic mass is 9.96. The van der Waals surface area contributed by atoms with Crippen LogP contribution in [0.3, 0.4) is 0 Å². The second-order valence-electron chi connectivity index (χ2n) is 6.02. The van der Waals surface area contributed by atoms with Gasteiger partial charge in [0, 0.05) is 29.3 Å². The van der Waals surface area contributed by atoms with Crippen LogP contribution in [0.25, 0.3) is 21.9 Å². The summed E-state index contributed by atoms with van der Waals surface area (Å²) in [7, 11) is 0. The zero-order valence-corrected chi connectivity index (χ0v) is 14.2. The third kappa shape index (κ3) is 3.20. The molecule has 0 fully saturated rings. The number of aromatic nitrogens is 2. The predicted molar refractivity (Wildman–Crippen MR) is 100 cm³/mol. The largest absolute Gasteiger partial charge is 0.492 e. The van der Waals surface area contributed by atoms with Crippen molar-refractivity contribution in [2.24, 2.45) is 0 Å². The van der Waals surface area contributed by atoms with Crippen molar-refractivity contribution in [1.82, 2.24) is 9.71 Å². The number of fused-ring (bicyclic) bond motifs is 1. The molecule has 0 aliphatic rings. The summed E-state index contributed by atoms with van der Waals surface area (Å²) in [5.41, 5.74) is 2.35. The van der Waals surface area contributed by atoms with Gasteiger partial charge in [0.2, 0.25) is 11.8 Å². The summed E-state index contributed by atoms with van der Waals surface area (Å²) in [5.74, 6) is -1.39. The highest BCUT2D eigenvalue weighted by Crippen LogP contribution is 2.31. The molecule has 0 unspecified atom stereocenters. The third-order valence-electron chi connectivity index (χ3n) is 4.24. The molecule has 0 saturated heterocycles. The average molecular weight is 360 g/mol. The van der Waals surface area contributed by atoms with Crippen LogP contribution in [0.4, 0.5) is 0 Å². The Hall–Kier alpha value is -3.80. The minimum atomic E-state index is -0.656. The maximum absolute atomic E-state index is 12.4. The van der Waals surface area contributed by atoms with E-state index in [4.69, 9.17) is 4.84 Å². The van der Waals surface area contributed by atoms with Crippen molar-refractivity contribution in [2.75, 3.05) is 0 Å². The monoisotopic (exact) mass is 360 g/mol. The van der Waals surface area contributed by atoms with Gasteiger partial charge in [0.25, 0.3) is 0 Å².